The van der Waals surface area contributed by atoms with Crippen LogP contribution in [0.15, 0.2) is 59.5 Å². The van der Waals surface area contributed by atoms with Gasteiger partial charge in [-0.3, -0.25) is 4.79 Å². The number of nitrogens with one attached hydrogen (secondary N) is 2. The van der Waals surface area contributed by atoms with Crippen molar-refractivity contribution in [1.29, 1.82) is 0 Å². The lowest BCUT2D eigenvalue weighted by atomic mass is 10.1. The molecule has 1 fully saturated rings. The van der Waals surface area contributed by atoms with Crippen molar-refractivity contribution in [2.24, 2.45) is 0 Å². The molecule has 2 aromatic carbocycles. The third-order valence-electron chi connectivity index (χ3n) is 3.98. The number of carbonyl (C=O) groups excluding carboxylic acids is 1. The molecule has 2 aromatic rings. The Morgan fingerprint density at radius 2 is 1.70 bits per heavy atom. The number of carbonyl (C=O) groups is 1. The second-order valence-corrected chi connectivity index (χ2v) is 7.30. The molecule has 1 amide bonds. The van der Waals surface area contributed by atoms with Crippen molar-refractivity contribution < 1.29 is 13.2 Å². The van der Waals surface area contributed by atoms with Crippen LogP contribution in [0.4, 0.5) is 0 Å². The van der Waals surface area contributed by atoms with Gasteiger partial charge in [-0.1, -0.05) is 30.3 Å². The van der Waals surface area contributed by atoms with Crippen LogP contribution in [-0.2, 0) is 10.0 Å². The third-order valence-corrected chi connectivity index (χ3v) is 5.48. The minimum Gasteiger partial charge on any atom is -0.355 e. The van der Waals surface area contributed by atoms with Crippen molar-refractivity contribution in [3.8, 4) is 0 Å². The van der Waals surface area contributed by atoms with E-state index in [4.69, 9.17) is 0 Å². The summed E-state index contributed by atoms with van der Waals surface area (Å²) in [5.41, 5.74) is 1.58. The Morgan fingerprint density at radius 3 is 2.30 bits per heavy atom. The van der Waals surface area contributed by atoms with Gasteiger partial charge in [-0.2, -0.15) is 0 Å². The summed E-state index contributed by atoms with van der Waals surface area (Å²) in [6.07, 6.45) is 0.805. The highest BCUT2D eigenvalue weighted by Crippen LogP contribution is 2.41. The van der Waals surface area contributed by atoms with Gasteiger partial charge in [-0.25, -0.2) is 13.1 Å². The van der Waals surface area contributed by atoms with Gasteiger partial charge in [0, 0.05) is 24.6 Å². The minimum absolute atomic E-state index is 0.0685. The predicted molar refractivity (Wildman–Crippen MR) is 87.7 cm³/mol. The maximum atomic E-state index is 12.4. The summed E-state index contributed by atoms with van der Waals surface area (Å²) in [4.78, 5) is 11.7. The third kappa shape index (κ3) is 3.43. The van der Waals surface area contributed by atoms with Gasteiger partial charge in [0.2, 0.25) is 10.0 Å². The second-order valence-electron chi connectivity index (χ2n) is 5.58. The Labute approximate surface area is 135 Å². The smallest absolute Gasteiger partial charge is 0.251 e. The molecular formula is C17H18N2O3S. The molecule has 0 radical (unpaired) electrons. The molecule has 1 aliphatic carbocycles. The molecule has 0 unspecified atom stereocenters. The van der Waals surface area contributed by atoms with E-state index >= 15 is 0 Å². The predicted octanol–water partition coefficient (Wildman–Crippen LogP) is 1.88. The average molecular weight is 330 g/mol. The van der Waals surface area contributed by atoms with Crippen LogP contribution in [-0.4, -0.2) is 27.4 Å². The molecule has 0 aromatic heterocycles. The molecule has 1 aliphatic rings. The van der Waals surface area contributed by atoms with Crippen LogP contribution in [0.2, 0.25) is 0 Å². The van der Waals surface area contributed by atoms with E-state index in [9.17, 15) is 13.2 Å². The normalized spacial score (nSPS) is 20.0. The number of benzene rings is 2. The van der Waals surface area contributed by atoms with E-state index in [2.05, 4.69) is 10.0 Å². The first-order valence-electron chi connectivity index (χ1n) is 7.40. The van der Waals surface area contributed by atoms with Crippen LogP contribution in [0.5, 0.6) is 0 Å². The first-order valence-corrected chi connectivity index (χ1v) is 8.89. The Bertz CT molecular complexity index is 801. The van der Waals surface area contributed by atoms with Gasteiger partial charge in [-0.15, -0.1) is 0 Å². The van der Waals surface area contributed by atoms with E-state index in [1.165, 1.54) is 31.3 Å². The SMILES string of the molecule is CNC(=O)c1ccc(S(=O)(=O)N[C@@H]2C[C@H]2c2ccccc2)cc1. The van der Waals surface area contributed by atoms with E-state index in [0.29, 0.717) is 5.56 Å². The van der Waals surface area contributed by atoms with Crippen LogP contribution >= 0.6 is 0 Å². The number of sulfonamides is 1. The quantitative estimate of drug-likeness (QED) is 0.879. The summed E-state index contributed by atoms with van der Waals surface area (Å²) in [6.45, 7) is 0. The minimum atomic E-state index is -3.57. The molecule has 2 N–H and O–H groups in total. The highest BCUT2D eigenvalue weighted by molar-refractivity contribution is 7.89. The molecule has 0 heterocycles. The van der Waals surface area contributed by atoms with Crippen molar-refractivity contribution in [3.05, 3.63) is 65.7 Å². The molecule has 2 atom stereocenters. The topological polar surface area (TPSA) is 75.3 Å². The maximum Gasteiger partial charge on any atom is 0.251 e. The fourth-order valence-electron chi connectivity index (χ4n) is 2.59. The Morgan fingerprint density at radius 1 is 1.04 bits per heavy atom. The first kappa shape index (κ1) is 15.7. The van der Waals surface area contributed by atoms with E-state index in [1.54, 1.807) is 0 Å². The van der Waals surface area contributed by atoms with Crippen LogP contribution in [0.1, 0.15) is 28.3 Å². The van der Waals surface area contributed by atoms with E-state index < -0.39 is 10.0 Å². The van der Waals surface area contributed by atoms with Crippen molar-refractivity contribution in [2.45, 2.75) is 23.3 Å². The van der Waals surface area contributed by atoms with Gasteiger partial charge >= 0.3 is 0 Å². The van der Waals surface area contributed by atoms with Gasteiger partial charge in [-0.05, 0) is 36.2 Å². The monoisotopic (exact) mass is 330 g/mol. The highest BCUT2D eigenvalue weighted by Gasteiger charge is 2.41. The van der Waals surface area contributed by atoms with Gasteiger partial charge in [0.05, 0.1) is 4.90 Å². The number of rotatable bonds is 5. The molecule has 23 heavy (non-hydrogen) atoms. The van der Waals surface area contributed by atoms with Crippen LogP contribution in [0.3, 0.4) is 0 Å². The van der Waals surface area contributed by atoms with Crippen molar-refractivity contribution >= 4 is 15.9 Å². The molecule has 1 saturated carbocycles. The van der Waals surface area contributed by atoms with Crippen LogP contribution in [0, 0.1) is 0 Å². The molecular weight excluding hydrogens is 312 g/mol. The summed E-state index contributed by atoms with van der Waals surface area (Å²) in [6, 6.07) is 15.7. The summed E-state index contributed by atoms with van der Waals surface area (Å²) in [5.74, 6) is -0.00985. The molecule has 3 rings (SSSR count). The van der Waals surface area contributed by atoms with E-state index in [1.807, 2.05) is 30.3 Å². The summed E-state index contributed by atoms with van der Waals surface area (Å²) >= 11 is 0. The fraction of sp³-hybridized carbons (Fsp3) is 0.235. The van der Waals surface area contributed by atoms with E-state index in [-0.39, 0.29) is 22.8 Å². The lowest BCUT2D eigenvalue weighted by Crippen LogP contribution is -2.27. The largest absolute Gasteiger partial charge is 0.355 e. The first-order chi connectivity index (χ1) is 11.0. The zero-order valence-electron chi connectivity index (χ0n) is 12.7. The van der Waals surface area contributed by atoms with Gasteiger partial charge in [0.15, 0.2) is 0 Å². The van der Waals surface area contributed by atoms with Crippen molar-refractivity contribution in [3.63, 3.8) is 0 Å². The average Bonchev–Trinajstić information content (AvgIpc) is 3.33. The zero-order valence-corrected chi connectivity index (χ0v) is 13.5. The Hall–Kier alpha value is -2.18. The number of hydrogen-bond donors (Lipinski definition) is 2. The lowest BCUT2D eigenvalue weighted by Gasteiger charge is -2.07. The molecule has 5 nitrogen and oxygen atoms in total. The molecule has 120 valence electrons. The van der Waals surface area contributed by atoms with Crippen LogP contribution in [0.25, 0.3) is 0 Å². The molecule has 0 aliphatic heterocycles. The fourth-order valence-corrected chi connectivity index (χ4v) is 3.88. The molecule has 0 saturated heterocycles. The van der Waals surface area contributed by atoms with Gasteiger partial charge in [0.25, 0.3) is 5.91 Å². The highest BCUT2D eigenvalue weighted by atomic mass is 32.2. The summed E-state index contributed by atoms with van der Waals surface area (Å²) < 4.78 is 27.5. The second kappa shape index (κ2) is 6.14. The molecule has 0 bridgehead atoms. The standard InChI is InChI=1S/C17H18N2O3S/c1-18-17(20)13-7-9-14(10-8-13)23(21,22)19-16-11-15(16)12-5-3-2-4-6-12/h2-10,15-16,19H,11H2,1H3,(H,18,20)/t15-,16+/m0/s1. The molecule has 6 heteroatoms. The summed E-state index contributed by atoms with van der Waals surface area (Å²) in [7, 11) is -2.04. The maximum absolute atomic E-state index is 12.4. The van der Waals surface area contributed by atoms with Crippen LogP contribution < -0.4 is 10.0 Å². The van der Waals surface area contributed by atoms with E-state index in [0.717, 1.165) is 12.0 Å². The van der Waals surface area contributed by atoms with Crippen molar-refractivity contribution in [2.75, 3.05) is 7.05 Å². The summed E-state index contributed by atoms with van der Waals surface area (Å²) in [5, 5.41) is 2.50. The van der Waals surface area contributed by atoms with Crippen molar-refractivity contribution in [1.82, 2.24) is 10.0 Å². The molecule has 0 spiro atoms. The Kier molecular flexibility index (Phi) is 4.19. The van der Waals surface area contributed by atoms with Gasteiger partial charge < -0.3 is 5.32 Å². The van der Waals surface area contributed by atoms with Gasteiger partial charge in [0.1, 0.15) is 0 Å². The Balaban J connectivity index is 1.70. The number of amides is 1. The lowest BCUT2D eigenvalue weighted by molar-refractivity contribution is 0.0963. The number of hydrogen-bond acceptors (Lipinski definition) is 3. The zero-order chi connectivity index (χ0) is 16.4.